The lowest BCUT2D eigenvalue weighted by Gasteiger charge is -2.32. The zero-order chi connectivity index (χ0) is 13.3. The molecule has 0 bridgehead atoms. The number of halogens is 1. The summed E-state index contributed by atoms with van der Waals surface area (Å²) >= 11 is 5.91. The van der Waals surface area contributed by atoms with Crippen LogP contribution in [0, 0.1) is 5.92 Å². The first-order chi connectivity index (χ1) is 8.44. The summed E-state index contributed by atoms with van der Waals surface area (Å²) in [5.41, 5.74) is 6.36. The van der Waals surface area contributed by atoms with Crippen LogP contribution in [0.15, 0.2) is 18.3 Å². The first kappa shape index (κ1) is 13.1. The predicted octanol–water partition coefficient (Wildman–Crippen LogP) is 2.17. The lowest BCUT2D eigenvalue weighted by atomic mass is 9.89. The van der Waals surface area contributed by atoms with Crippen LogP contribution in [-0.2, 0) is 0 Å². The number of aromatic nitrogens is 3. The van der Waals surface area contributed by atoms with Crippen LogP contribution in [-0.4, -0.2) is 26.7 Å². The van der Waals surface area contributed by atoms with Crippen LogP contribution >= 0.6 is 11.6 Å². The molecule has 1 atom stereocenters. The molecule has 1 unspecified atom stereocenters. The van der Waals surface area contributed by atoms with Crippen molar-refractivity contribution in [1.29, 1.82) is 0 Å². The zero-order valence-electron chi connectivity index (χ0n) is 10.8. The van der Waals surface area contributed by atoms with Crippen molar-refractivity contribution in [3.8, 4) is 0 Å². The summed E-state index contributed by atoms with van der Waals surface area (Å²) < 4.78 is 1.65. The number of nitrogens with zero attached hydrogens (tertiary/aromatic N) is 3. The van der Waals surface area contributed by atoms with Crippen molar-refractivity contribution >= 4 is 23.2 Å². The highest BCUT2D eigenvalue weighted by Gasteiger charge is 2.27. The van der Waals surface area contributed by atoms with E-state index in [1.807, 2.05) is 6.07 Å². The number of pyridine rings is 1. The second-order valence-electron chi connectivity index (χ2n) is 4.99. The maximum absolute atomic E-state index is 5.91. The molecular formula is C12H18ClN5. The van der Waals surface area contributed by atoms with Crippen molar-refractivity contribution < 1.29 is 0 Å². The summed E-state index contributed by atoms with van der Waals surface area (Å²) in [5.74, 6) is 0.941. The van der Waals surface area contributed by atoms with Crippen LogP contribution in [0.1, 0.15) is 20.8 Å². The van der Waals surface area contributed by atoms with Gasteiger partial charge in [-0.05, 0) is 25.0 Å². The molecule has 0 aromatic carbocycles. The standard InChI is InChI=1S/C12H18ClN5/c1-8(2)12(3,7-14)16-11-15-10-5-4-9(13)6-18(10)17-11/h4-6,8H,7,14H2,1-3H3,(H,16,17). The molecule has 0 radical (unpaired) electrons. The lowest BCUT2D eigenvalue weighted by molar-refractivity contribution is 0.380. The molecule has 0 aliphatic heterocycles. The van der Waals surface area contributed by atoms with E-state index in [4.69, 9.17) is 17.3 Å². The van der Waals surface area contributed by atoms with Crippen molar-refractivity contribution in [2.45, 2.75) is 26.3 Å². The molecule has 18 heavy (non-hydrogen) atoms. The molecule has 3 N–H and O–H groups in total. The average molecular weight is 268 g/mol. The van der Waals surface area contributed by atoms with Crippen molar-refractivity contribution in [2.75, 3.05) is 11.9 Å². The Hall–Kier alpha value is -1.33. The first-order valence-corrected chi connectivity index (χ1v) is 6.32. The molecule has 0 spiro atoms. The van der Waals surface area contributed by atoms with Crippen LogP contribution in [0.2, 0.25) is 5.02 Å². The van der Waals surface area contributed by atoms with Gasteiger partial charge in [0.15, 0.2) is 5.65 Å². The van der Waals surface area contributed by atoms with E-state index in [1.165, 1.54) is 0 Å². The fraction of sp³-hybridized carbons (Fsp3) is 0.500. The minimum atomic E-state index is -0.227. The Bertz CT molecular complexity index is 550. The average Bonchev–Trinajstić information content (AvgIpc) is 2.69. The molecule has 2 heterocycles. The molecule has 2 aromatic heterocycles. The summed E-state index contributed by atoms with van der Waals surface area (Å²) in [5, 5.41) is 8.27. The van der Waals surface area contributed by atoms with Crippen LogP contribution in [0.25, 0.3) is 5.65 Å². The highest BCUT2D eigenvalue weighted by atomic mass is 35.5. The van der Waals surface area contributed by atoms with Crippen molar-refractivity contribution in [2.24, 2.45) is 11.7 Å². The number of anilines is 1. The van der Waals surface area contributed by atoms with E-state index in [1.54, 1.807) is 16.8 Å². The molecule has 5 nitrogen and oxygen atoms in total. The molecule has 6 heteroatoms. The van der Waals surface area contributed by atoms with E-state index in [9.17, 15) is 0 Å². The summed E-state index contributed by atoms with van der Waals surface area (Å²) in [6.07, 6.45) is 1.73. The maximum atomic E-state index is 5.91. The lowest BCUT2D eigenvalue weighted by Crippen LogP contribution is -2.47. The Labute approximate surface area is 111 Å². The maximum Gasteiger partial charge on any atom is 0.243 e. The third-order valence-corrected chi connectivity index (χ3v) is 3.61. The Morgan fingerprint density at radius 2 is 2.22 bits per heavy atom. The van der Waals surface area contributed by atoms with Crippen LogP contribution in [0.4, 0.5) is 5.95 Å². The van der Waals surface area contributed by atoms with Crippen LogP contribution < -0.4 is 11.1 Å². The van der Waals surface area contributed by atoms with Crippen molar-refractivity contribution in [1.82, 2.24) is 14.6 Å². The normalized spacial score (nSPS) is 15.0. The SMILES string of the molecule is CC(C)C(C)(CN)Nc1nc2ccc(Cl)cn2n1. The molecular weight excluding hydrogens is 250 g/mol. The van der Waals surface area contributed by atoms with Gasteiger partial charge >= 0.3 is 0 Å². The van der Waals surface area contributed by atoms with Gasteiger partial charge in [-0.2, -0.15) is 4.98 Å². The molecule has 0 aliphatic carbocycles. The zero-order valence-corrected chi connectivity index (χ0v) is 11.6. The van der Waals surface area contributed by atoms with Gasteiger partial charge in [0.2, 0.25) is 5.95 Å². The van der Waals surface area contributed by atoms with Gasteiger partial charge < -0.3 is 11.1 Å². The number of fused-ring (bicyclic) bond motifs is 1. The second kappa shape index (κ2) is 4.74. The van der Waals surface area contributed by atoms with E-state index >= 15 is 0 Å². The van der Waals surface area contributed by atoms with E-state index in [0.717, 1.165) is 5.65 Å². The Morgan fingerprint density at radius 1 is 1.50 bits per heavy atom. The van der Waals surface area contributed by atoms with Crippen molar-refractivity contribution in [3.05, 3.63) is 23.4 Å². The molecule has 0 fully saturated rings. The van der Waals surface area contributed by atoms with Gasteiger partial charge in [0.05, 0.1) is 10.6 Å². The third kappa shape index (κ3) is 2.42. The minimum absolute atomic E-state index is 0.227. The number of hydrogen-bond donors (Lipinski definition) is 2. The van der Waals surface area contributed by atoms with Crippen LogP contribution in [0.3, 0.4) is 0 Å². The van der Waals surface area contributed by atoms with Gasteiger partial charge in [-0.15, -0.1) is 5.10 Å². The van der Waals surface area contributed by atoms with Gasteiger partial charge in [-0.25, -0.2) is 4.52 Å². The fourth-order valence-electron chi connectivity index (χ4n) is 1.60. The van der Waals surface area contributed by atoms with Gasteiger partial charge in [-0.3, -0.25) is 0 Å². The topological polar surface area (TPSA) is 68.2 Å². The van der Waals surface area contributed by atoms with Gasteiger partial charge in [0.25, 0.3) is 0 Å². The molecule has 0 aliphatic rings. The monoisotopic (exact) mass is 267 g/mol. The van der Waals surface area contributed by atoms with Gasteiger partial charge in [0, 0.05) is 12.7 Å². The Balaban J connectivity index is 2.32. The summed E-state index contributed by atoms with van der Waals surface area (Å²) in [6.45, 7) is 6.82. The largest absolute Gasteiger partial charge is 0.346 e. The molecule has 98 valence electrons. The second-order valence-corrected chi connectivity index (χ2v) is 5.42. The number of nitrogens with two attached hydrogens (primary N) is 1. The highest BCUT2D eigenvalue weighted by Crippen LogP contribution is 2.20. The molecule has 2 rings (SSSR count). The Morgan fingerprint density at radius 3 is 2.83 bits per heavy atom. The summed E-state index contributed by atoms with van der Waals surface area (Å²) in [4.78, 5) is 4.40. The third-order valence-electron chi connectivity index (χ3n) is 3.39. The number of hydrogen-bond acceptors (Lipinski definition) is 4. The van der Waals surface area contributed by atoms with E-state index in [2.05, 4.69) is 36.2 Å². The van der Waals surface area contributed by atoms with Crippen molar-refractivity contribution in [3.63, 3.8) is 0 Å². The van der Waals surface area contributed by atoms with Crippen LogP contribution in [0.5, 0.6) is 0 Å². The fourth-order valence-corrected chi connectivity index (χ4v) is 1.75. The smallest absolute Gasteiger partial charge is 0.243 e. The minimum Gasteiger partial charge on any atom is -0.346 e. The number of nitrogens with one attached hydrogen (secondary N) is 1. The molecule has 0 saturated heterocycles. The van der Waals surface area contributed by atoms with Gasteiger partial charge in [-0.1, -0.05) is 25.4 Å². The molecule has 0 saturated carbocycles. The summed E-state index contributed by atoms with van der Waals surface area (Å²) in [7, 11) is 0. The van der Waals surface area contributed by atoms with E-state index in [0.29, 0.717) is 23.4 Å². The number of rotatable bonds is 4. The van der Waals surface area contributed by atoms with Gasteiger partial charge in [0.1, 0.15) is 0 Å². The van der Waals surface area contributed by atoms with E-state index in [-0.39, 0.29) is 5.54 Å². The Kier molecular flexibility index (Phi) is 3.45. The predicted molar refractivity (Wildman–Crippen MR) is 73.9 cm³/mol. The first-order valence-electron chi connectivity index (χ1n) is 5.95. The highest BCUT2D eigenvalue weighted by molar-refractivity contribution is 6.30. The summed E-state index contributed by atoms with van der Waals surface area (Å²) in [6, 6.07) is 3.62. The molecule has 2 aromatic rings. The molecule has 0 amide bonds. The van der Waals surface area contributed by atoms with E-state index < -0.39 is 0 Å². The quantitative estimate of drug-likeness (QED) is 0.891.